The molecule has 0 spiro atoms. The second kappa shape index (κ2) is 7.32. The Morgan fingerprint density at radius 1 is 0.882 bits per heavy atom. The first-order chi connectivity index (χ1) is 7.81. The summed E-state index contributed by atoms with van der Waals surface area (Å²) in [6, 6.07) is 0. The minimum absolute atomic E-state index is 0.0353. The molecule has 0 N–H and O–H groups in total. The Kier molecular flexibility index (Phi) is 6.47. The average molecular weight is 242 g/mol. The zero-order valence-corrected chi connectivity index (χ0v) is 9.94. The van der Waals surface area contributed by atoms with Gasteiger partial charge in [-0.2, -0.15) is 0 Å². The standard InChI is InChI=1S/C11H14O6/c1-7(12)4-10(14)16-6-9(3)17-11(15)5-8(2)13/h6H,4-5H2,1-3H3. The van der Waals surface area contributed by atoms with E-state index in [2.05, 4.69) is 9.47 Å². The van der Waals surface area contributed by atoms with Crippen LogP contribution < -0.4 is 0 Å². The van der Waals surface area contributed by atoms with Gasteiger partial charge in [-0.3, -0.25) is 19.2 Å². The first-order valence-corrected chi connectivity index (χ1v) is 4.87. The molecule has 0 rings (SSSR count). The molecule has 0 aliphatic rings. The highest BCUT2D eigenvalue weighted by atomic mass is 16.6. The normalized spacial score (nSPS) is 10.6. The van der Waals surface area contributed by atoms with Crippen molar-refractivity contribution in [1.82, 2.24) is 0 Å². The van der Waals surface area contributed by atoms with Crippen molar-refractivity contribution in [3.05, 3.63) is 12.0 Å². The van der Waals surface area contributed by atoms with E-state index < -0.39 is 11.9 Å². The fourth-order valence-corrected chi connectivity index (χ4v) is 0.837. The van der Waals surface area contributed by atoms with Crippen LogP contribution in [0.15, 0.2) is 12.0 Å². The van der Waals surface area contributed by atoms with Crippen LogP contribution in [-0.4, -0.2) is 23.5 Å². The van der Waals surface area contributed by atoms with Gasteiger partial charge in [-0.15, -0.1) is 0 Å². The monoisotopic (exact) mass is 242 g/mol. The molecule has 0 unspecified atom stereocenters. The molecule has 0 aliphatic heterocycles. The Hall–Kier alpha value is -1.98. The van der Waals surface area contributed by atoms with Gasteiger partial charge in [0.2, 0.25) is 0 Å². The van der Waals surface area contributed by atoms with Crippen LogP contribution in [-0.2, 0) is 28.7 Å². The number of ketones is 2. The Labute approximate surface area is 98.6 Å². The van der Waals surface area contributed by atoms with E-state index in [1.807, 2.05) is 0 Å². The Bertz CT molecular complexity index is 366. The van der Waals surface area contributed by atoms with Gasteiger partial charge in [0.25, 0.3) is 0 Å². The number of hydrogen-bond acceptors (Lipinski definition) is 6. The lowest BCUT2D eigenvalue weighted by atomic mass is 10.3. The highest BCUT2D eigenvalue weighted by Crippen LogP contribution is 2.01. The summed E-state index contributed by atoms with van der Waals surface area (Å²) in [7, 11) is 0. The minimum atomic E-state index is -0.737. The summed E-state index contributed by atoms with van der Waals surface area (Å²) in [6.07, 6.45) is 0.237. The molecule has 0 aliphatic carbocycles. The van der Waals surface area contributed by atoms with Gasteiger partial charge < -0.3 is 9.47 Å². The summed E-state index contributed by atoms with van der Waals surface area (Å²) in [6.45, 7) is 3.90. The molecular weight excluding hydrogens is 228 g/mol. The van der Waals surface area contributed by atoms with E-state index in [-0.39, 0.29) is 30.2 Å². The molecule has 0 atom stereocenters. The number of allylic oxidation sites excluding steroid dienone is 1. The van der Waals surface area contributed by atoms with Crippen molar-refractivity contribution in [2.24, 2.45) is 0 Å². The van der Waals surface area contributed by atoms with Crippen molar-refractivity contribution in [2.75, 3.05) is 0 Å². The average Bonchev–Trinajstić information content (AvgIpc) is 2.12. The lowest BCUT2D eigenvalue weighted by molar-refractivity contribution is -0.145. The van der Waals surface area contributed by atoms with Crippen LogP contribution >= 0.6 is 0 Å². The Morgan fingerprint density at radius 2 is 1.35 bits per heavy atom. The summed E-state index contributed by atoms with van der Waals surface area (Å²) in [5, 5.41) is 0. The molecule has 0 radical (unpaired) electrons. The van der Waals surface area contributed by atoms with Crippen molar-refractivity contribution in [2.45, 2.75) is 33.6 Å². The topological polar surface area (TPSA) is 86.7 Å². The number of Topliss-reactive ketones (excluding diaryl/α,β-unsaturated/α-hetero) is 2. The predicted molar refractivity (Wildman–Crippen MR) is 56.5 cm³/mol. The second-order valence-corrected chi connectivity index (χ2v) is 3.45. The molecule has 0 aromatic rings. The lowest BCUT2D eigenvalue weighted by Crippen LogP contribution is -2.09. The second-order valence-electron chi connectivity index (χ2n) is 3.45. The SMILES string of the molecule is CC(=O)CC(=O)OC=C(C)OC(=O)CC(C)=O. The van der Waals surface area contributed by atoms with Crippen LogP contribution in [0.2, 0.25) is 0 Å². The van der Waals surface area contributed by atoms with E-state index in [1.165, 1.54) is 20.8 Å². The summed E-state index contributed by atoms with van der Waals surface area (Å²) in [5.41, 5.74) is 0. The van der Waals surface area contributed by atoms with Gasteiger partial charge in [0.05, 0.1) is 0 Å². The number of rotatable bonds is 6. The van der Waals surface area contributed by atoms with Crippen molar-refractivity contribution >= 4 is 23.5 Å². The maximum atomic E-state index is 11.0. The fourth-order valence-electron chi connectivity index (χ4n) is 0.837. The quantitative estimate of drug-likeness (QED) is 0.390. The van der Waals surface area contributed by atoms with Gasteiger partial charge in [-0.05, 0) is 20.8 Å². The highest BCUT2D eigenvalue weighted by molar-refractivity contribution is 5.95. The molecule has 0 amide bonds. The van der Waals surface area contributed by atoms with Crippen molar-refractivity contribution in [3.63, 3.8) is 0 Å². The number of carbonyl (C=O) groups excluding carboxylic acids is 4. The molecule has 0 aromatic carbocycles. The molecule has 0 aromatic heterocycles. The van der Waals surface area contributed by atoms with Crippen LogP contribution in [0.5, 0.6) is 0 Å². The number of esters is 2. The molecular formula is C11H14O6. The summed E-state index contributed by atoms with van der Waals surface area (Å²) in [5.74, 6) is -2.08. The molecule has 0 saturated carbocycles. The van der Waals surface area contributed by atoms with Gasteiger partial charge in [0.15, 0.2) is 0 Å². The third-order valence-corrected chi connectivity index (χ3v) is 1.42. The number of carbonyl (C=O) groups is 4. The Morgan fingerprint density at radius 3 is 1.82 bits per heavy atom. The first kappa shape index (κ1) is 15.0. The van der Waals surface area contributed by atoms with Crippen molar-refractivity contribution in [1.29, 1.82) is 0 Å². The van der Waals surface area contributed by atoms with Crippen molar-refractivity contribution < 1.29 is 28.7 Å². The zero-order valence-electron chi connectivity index (χ0n) is 9.94. The number of ether oxygens (including phenoxy) is 2. The van der Waals surface area contributed by atoms with E-state index in [1.54, 1.807) is 0 Å². The third kappa shape index (κ3) is 8.98. The molecule has 0 saturated heterocycles. The Balaban J connectivity index is 4.09. The summed E-state index contributed by atoms with van der Waals surface area (Å²) < 4.78 is 9.19. The van der Waals surface area contributed by atoms with E-state index in [9.17, 15) is 19.2 Å². The van der Waals surface area contributed by atoms with E-state index in [0.717, 1.165) is 6.26 Å². The van der Waals surface area contributed by atoms with Gasteiger partial charge in [0, 0.05) is 0 Å². The molecule has 0 bridgehead atoms. The maximum Gasteiger partial charge on any atom is 0.318 e. The lowest BCUT2D eigenvalue weighted by Gasteiger charge is -2.02. The molecule has 17 heavy (non-hydrogen) atoms. The van der Waals surface area contributed by atoms with Gasteiger partial charge in [-0.25, -0.2) is 0 Å². The van der Waals surface area contributed by atoms with Crippen LogP contribution in [0.4, 0.5) is 0 Å². The van der Waals surface area contributed by atoms with Crippen LogP contribution in [0, 0.1) is 0 Å². The van der Waals surface area contributed by atoms with Crippen molar-refractivity contribution in [3.8, 4) is 0 Å². The summed E-state index contributed by atoms with van der Waals surface area (Å²) in [4.78, 5) is 43.1. The van der Waals surface area contributed by atoms with E-state index >= 15 is 0 Å². The molecule has 6 nitrogen and oxygen atoms in total. The van der Waals surface area contributed by atoms with Crippen LogP contribution in [0.25, 0.3) is 0 Å². The number of hydrogen-bond donors (Lipinski definition) is 0. The predicted octanol–water partition coefficient (Wildman–Crippen LogP) is 0.892. The zero-order chi connectivity index (χ0) is 13.4. The molecule has 6 heteroatoms. The smallest absolute Gasteiger partial charge is 0.318 e. The van der Waals surface area contributed by atoms with Crippen LogP contribution in [0.3, 0.4) is 0 Å². The van der Waals surface area contributed by atoms with Crippen LogP contribution in [0.1, 0.15) is 33.6 Å². The van der Waals surface area contributed by atoms with Gasteiger partial charge in [-0.1, -0.05) is 0 Å². The fraction of sp³-hybridized carbons (Fsp3) is 0.455. The maximum absolute atomic E-state index is 11.0. The largest absolute Gasteiger partial charge is 0.431 e. The minimum Gasteiger partial charge on any atom is -0.431 e. The molecule has 0 fully saturated rings. The molecule has 0 heterocycles. The van der Waals surface area contributed by atoms with E-state index in [4.69, 9.17) is 0 Å². The third-order valence-electron chi connectivity index (χ3n) is 1.42. The molecule has 94 valence electrons. The van der Waals surface area contributed by atoms with E-state index in [0.29, 0.717) is 0 Å². The van der Waals surface area contributed by atoms with Gasteiger partial charge in [0.1, 0.15) is 36.4 Å². The first-order valence-electron chi connectivity index (χ1n) is 4.87. The van der Waals surface area contributed by atoms with Gasteiger partial charge >= 0.3 is 11.9 Å². The highest BCUT2D eigenvalue weighted by Gasteiger charge is 2.09. The summed E-state index contributed by atoms with van der Waals surface area (Å²) >= 11 is 0.